The van der Waals surface area contributed by atoms with Gasteiger partial charge in [0, 0.05) is 7.11 Å². The van der Waals surface area contributed by atoms with Crippen LogP contribution in [0.3, 0.4) is 0 Å². The van der Waals surface area contributed by atoms with Gasteiger partial charge in [0.25, 0.3) is 0 Å². The fourth-order valence-electron chi connectivity index (χ4n) is 2.60. The Kier molecular flexibility index (Phi) is 4.35. The predicted molar refractivity (Wildman–Crippen MR) is 80.3 cm³/mol. The number of ether oxygens (including phenoxy) is 1. The maximum absolute atomic E-state index is 11.5. The molecule has 0 saturated carbocycles. The van der Waals surface area contributed by atoms with Crippen molar-refractivity contribution in [2.45, 2.75) is 38.2 Å². The molecule has 0 amide bonds. The molecule has 0 radical (unpaired) electrons. The van der Waals surface area contributed by atoms with Crippen molar-refractivity contribution in [1.29, 1.82) is 0 Å². The number of hydrogen-bond acceptors (Lipinski definition) is 8. The van der Waals surface area contributed by atoms with Crippen LogP contribution in [0.25, 0.3) is 11.2 Å². The van der Waals surface area contributed by atoms with Gasteiger partial charge in [0.1, 0.15) is 18.1 Å². The number of nitrogens with two attached hydrogens (primary N) is 1. The summed E-state index contributed by atoms with van der Waals surface area (Å²) in [6, 6.07) is 0. The molecule has 126 valence electrons. The minimum atomic E-state index is -4.04. The monoisotopic (exact) mass is 343 g/mol. The van der Waals surface area contributed by atoms with E-state index in [4.69, 9.17) is 15.0 Å². The number of phosphoric ester groups is 1. The molecule has 3 rings (SSSR count). The fourth-order valence-corrected chi connectivity index (χ4v) is 3.24. The van der Waals surface area contributed by atoms with Crippen molar-refractivity contribution in [3.05, 3.63) is 12.7 Å². The molecule has 2 aromatic heterocycles. The lowest BCUT2D eigenvalue weighted by Gasteiger charge is -2.22. The summed E-state index contributed by atoms with van der Waals surface area (Å²) in [5, 5.41) is 0. The molecule has 0 spiro atoms. The highest BCUT2D eigenvalue weighted by atomic mass is 31.2. The van der Waals surface area contributed by atoms with Crippen LogP contribution in [-0.2, 0) is 18.3 Å². The predicted octanol–water partition coefficient (Wildman–Crippen LogP) is 1.24. The highest BCUT2D eigenvalue weighted by molar-refractivity contribution is 7.47. The first-order chi connectivity index (χ1) is 10.9. The largest absolute Gasteiger partial charge is 0.472 e. The van der Waals surface area contributed by atoms with Gasteiger partial charge >= 0.3 is 7.82 Å². The van der Waals surface area contributed by atoms with Gasteiger partial charge in [-0.15, -0.1) is 0 Å². The lowest BCUT2D eigenvalue weighted by Crippen LogP contribution is -2.25. The van der Waals surface area contributed by atoms with Gasteiger partial charge in [0.2, 0.25) is 0 Å². The second-order valence-corrected chi connectivity index (χ2v) is 6.76. The molecule has 23 heavy (non-hydrogen) atoms. The van der Waals surface area contributed by atoms with Gasteiger partial charge in [-0.05, 0) is 19.8 Å². The van der Waals surface area contributed by atoms with E-state index in [2.05, 4.69) is 19.5 Å². The summed E-state index contributed by atoms with van der Waals surface area (Å²) in [5.41, 5.74) is 6.87. The van der Waals surface area contributed by atoms with E-state index in [-0.39, 0.29) is 12.3 Å². The topological polar surface area (TPSA) is 135 Å². The first-order valence-corrected chi connectivity index (χ1v) is 8.56. The standard InChI is InChI=1S/C12H18N5O5P/c1-7(22-23(18,19)20-2)8-3-4-9(21-8)17-6-16-10-11(13)14-5-15-12(10)17/h5-9H,3-4H2,1-2H3,(H,18,19)(H2,13,14,15). The quantitative estimate of drug-likeness (QED) is 0.768. The molecule has 4 atom stereocenters. The maximum Gasteiger partial charge on any atom is 0.472 e. The average Bonchev–Trinajstić information content (AvgIpc) is 3.13. The molecule has 10 nitrogen and oxygen atoms in total. The fraction of sp³-hybridized carbons (Fsp3) is 0.583. The van der Waals surface area contributed by atoms with Gasteiger partial charge in [-0.25, -0.2) is 19.5 Å². The van der Waals surface area contributed by atoms with Crippen LogP contribution in [0.2, 0.25) is 0 Å². The second-order valence-electron chi connectivity index (χ2n) is 5.25. The van der Waals surface area contributed by atoms with Crippen LogP contribution in [-0.4, -0.2) is 43.7 Å². The highest BCUT2D eigenvalue weighted by Crippen LogP contribution is 2.45. The maximum atomic E-state index is 11.5. The van der Waals surface area contributed by atoms with Gasteiger partial charge in [-0.3, -0.25) is 13.6 Å². The average molecular weight is 343 g/mol. The van der Waals surface area contributed by atoms with Crippen LogP contribution in [0.4, 0.5) is 5.82 Å². The summed E-state index contributed by atoms with van der Waals surface area (Å²) in [6.45, 7) is 1.67. The van der Waals surface area contributed by atoms with Crippen LogP contribution in [0.5, 0.6) is 0 Å². The number of rotatable bonds is 5. The number of aromatic nitrogens is 4. The molecule has 1 aliphatic heterocycles. The molecular formula is C12H18N5O5P. The number of hydrogen-bond donors (Lipinski definition) is 2. The summed E-state index contributed by atoms with van der Waals surface area (Å²) in [6.07, 6.45) is 3.09. The molecule has 0 aliphatic carbocycles. The van der Waals surface area contributed by atoms with E-state index in [0.29, 0.717) is 29.8 Å². The minimum absolute atomic E-state index is 0.300. The Morgan fingerprint density at radius 2 is 2.26 bits per heavy atom. The number of imidazole rings is 1. The molecule has 3 N–H and O–H groups in total. The second kappa shape index (κ2) is 6.14. The number of nitrogen functional groups attached to an aromatic ring is 1. The van der Waals surface area contributed by atoms with Gasteiger partial charge < -0.3 is 15.4 Å². The van der Waals surface area contributed by atoms with Gasteiger partial charge in [0.15, 0.2) is 11.5 Å². The lowest BCUT2D eigenvalue weighted by atomic mass is 10.1. The summed E-state index contributed by atoms with van der Waals surface area (Å²) in [5.74, 6) is 0.307. The van der Waals surface area contributed by atoms with Crippen LogP contribution >= 0.6 is 7.82 Å². The molecule has 3 heterocycles. The third-order valence-electron chi connectivity index (χ3n) is 3.78. The van der Waals surface area contributed by atoms with E-state index in [1.807, 2.05) is 0 Å². The van der Waals surface area contributed by atoms with E-state index in [0.717, 1.165) is 7.11 Å². The Labute approximate surface area is 132 Å². The summed E-state index contributed by atoms with van der Waals surface area (Å²) in [4.78, 5) is 21.7. The number of phosphoric acid groups is 1. The van der Waals surface area contributed by atoms with Crippen LogP contribution in [0, 0.1) is 0 Å². The Balaban J connectivity index is 1.74. The molecule has 1 fully saturated rings. The van der Waals surface area contributed by atoms with Crippen molar-refractivity contribution in [3.8, 4) is 0 Å². The zero-order valence-electron chi connectivity index (χ0n) is 12.7. The Hall–Kier alpha value is -1.58. The SMILES string of the molecule is COP(=O)(O)OC(C)C1CCC(n2cnc3c(N)ncnc32)O1. The molecule has 4 unspecified atom stereocenters. The van der Waals surface area contributed by atoms with Crippen LogP contribution in [0.15, 0.2) is 12.7 Å². The molecule has 1 aliphatic rings. The van der Waals surface area contributed by atoms with Crippen molar-refractivity contribution in [1.82, 2.24) is 19.5 Å². The molecule has 11 heteroatoms. The van der Waals surface area contributed by atoms with Gasteiger partial charge in [-0.1, -0.05) is 0 Å². The molecule has 0 bridgehead atoms. The minimum Gasteiger partial charge on any atom is -0.382 e. The number of nitrogens with zero attached hydrogens (tertiary/aromatic N) is 4. The molecular weight excluding hydrogens is 325 g/mol. The zero-order chi connectivity index (χ0) is 16.6. The molecule has 2 aromatic rings. The number of anilines is 1. The third-order valence-corrected chi connectivity index (χ3v) is 4.84. The van der Waals surface area contributed by atoms with Crippen molar-refractivity contribution in [3.63, 3.8) is 0 Å². The van der Waals surface area contributed by atoms with E-state index in [1.54, 1.807) is 17.8 Å². The first kappa shape index (κ1) is 16.3. The Bertz CT molecular complexity index is 753. The van der Waals surface area contributed by atoms with Gasteiger partial charge in [0.05, 0.1) is 18.5 Å². The van der Waals surface area contributed by atoms with E-state index >= 15 is 0 Å². The Morgan fingerprint density at radius 3 is 3.00 bits per heavy atom. The molecule has 1 saturated heterocycles. The summed E-state index contributed by atoms with van der Waals surface area (Å²) >= 11 is 0. The van der Waals surface area contributed by atoms with E-state index < -0.39 is 13.9 Å². The smallest absolute Gasteiger partial charge is 0.382 e. The van der Waals surface area contributed by atoms with Crippen molar-refractivity contribution < 1.29 is 23.2 Å². The normalized spacial score (nSPS) is 25.5. The lowest BCUT2D eigenvalue weighted by molar-refractivity contribution is -0.0511. The van der Waals surface area contributed by atoms with Crippen LogP contribution in [0.1, 0.15) is 26.0 Å². The third kappa shape index (κ3) is 3.22. The van der Waals surface area contributed by atoms with E-state index in [9.17, 15) is 9.46 Å². The van der Waals surface area contributed by atoms with Crippen molar-refractivity contribution >= 4 is 24.8 Å². The zero-order valence-corrected chi connectivity index (χ0v) is 13.6. The first-order valence-electron chi connectivity index (χ1n) is 7.06. The molecule has 0 aromatic carbocycles. The Morgan fingerprint density at radius 1 is 1.48 bits per heavy atom. The van der Waals surface area contributed by atoms with Crippen molar-refractivity contribution in [2.75, 3.05) is 12.8 Å². The summed E-state index contributed by atoms with van der Waals surface area (Å²) in [7, 11) is -2.93. The number of fused-ring (bicyclic) bond motifs is 1. The van der Waals surface area contributed by atoms with Gasteiger partial charge in [-0.2, -0.15) is 0 Å². The van der Waals surface area contributed by atoms with Crippen LogP contribution < -0.4 is 5.73 Å². The van der Waals surface area contributed by atoms with Crippen molar-refractivity contribution in [2.24, 2.45) is 0 Å². The highest BCUT2D eigenvalue weighted by Gasteiger charge is 2.35. The summed E-state index contributed by atoms with van der Waals surface area (Å²) < 4.78 is 28.6. The van der Waals surface area contributed by atoms with E-state index in [1.165, 1.54) is 6.33 Å².